The molecule has 2 aliphatic heterocycles. The van der Waals surface area contributed by atoms with Crippen molar-refractivity contribution in [1.29, 1.82) is 0 Å². The van der Waals surface area contributed by atoms with Gasteiger partial charge in [0.2, 0.25) is 5.91 Å². The standard InChI is InChI=1S/C19H22ClNO5/c20-16-7-14-9-24-11-26-17(14)15(8-16)10-25-19(23)13-3-5-21(6-4-13)18(22)12-1-2-12/h7-8,12-13H,1-6,9-11H2. The van der Waals surface area contributed by atoms with Gasteiger partial charge in [-0.15, -0.1) is 0 Å². The second-order valence-corrected chi connectivity index (χ2v) is 7.58. The summed E-state index contributed by atoms with van der Waals surface area (Å²) in [4.78, 5) is 26.4. The minimum absolute atomic E-state index is 0.128. The number of carbonyl (C=O) groups excluding carboxylic acids is 2. The zero-order valence-electron chi connectivity index (χ0n) is 14.5. The van der Waals surface area contributed by atoms with E-state index in [9.17, 15) is 9.59 Å². The number of fused-ring (bicyclic) bond motifs is 1. The Kier molecular flexibility index (Phi) is 5.05. The number of hydrogen-bond donors (Lipinski definition) is 0. The van der Waals surface area contributed by atoms with Gasteiger partial charge >= 0.3 is 5.97 Å². The first-order valence-electron chi connectivity index (χ1n) is 9.09. The molecule has 26 heavy (non-hydrogen) atoms. The highest BCUT2D eigenvalue weighted by molar-refractivity contribution is 6.30. The number of likely N-dealkylation sites (tertiary alicyclic amines) is 1. The number of benzene rings is 1. The highest BCUT2D eigenvalue weighted by Crippen LogP contribution is 2.34. The third-order valence-electron chi connectivity index (χ3n) is 5.19. The summed E-state index contributed by atoms with van der Waals surface area (Å²) in [5, 5.41) is 0.566. The van der Waals surface area contributed by atoms with E-state index < -0.39 is 0 Å². The largest absolute Gasteiger partial charge is 0.467 e. The lowest BCUT2D eigenvalue weighted by atomic mass is 9.96. The van der Waals surface area contributed by atoms with Crippen LogP contribution < -0.4 is 4.74 Å². The van der Waals surface area contributed by atoms with Crippen LogP contribution in [0.15, 0.2) is 12.1 Å². The van der Waals surface area contributed by atoms with E-state index >= 15 is 0 Å². The molecule has 1 aliphatic carbocycles. The van der Waals surface area contributed by atoms with Gasteiger partial charge < -0.3 is 19.1 Å². The fraction of sp³-hybridized carbons (Fsp3) is 0.579. The average molecular weight is 380 g/mol. The molecule has 1 aromatic rings. The number of hydrogen-bond acceptors (Lipinski definition) is 5. The van der Waals surface area contributed by atoms with Crippen molar-refractivity contribution < 1.29 is 23.8 Å². The summed E-state index contributed by atoms with van der Waals surface area (Å²) >= 11 is 6.13. The van der Waals surface area contributed by atoms with Gasteiger partial charge in [0.1, 0.15) is 12.4 Å². The molecule has 0 radical (unpaired) electrons. The van der Waals surface area contributed by atoms with Crippen molar-refractivity contribution in [1.82, 2.24) is 4.90 Å². The molecule has 1 saturated carbocycles. The van der Waals surface area contributed by atoms with E-state index in [1.807, 2.05) is 4.90 Å². The maximum atomic E-state index is 12.4. The number of esters is 1. The smallest absolute Gasteiger partial charge is 0.309 e. The predicted molar refractivity (Wildman–Crippen MR) is 93.6 cm³/mol. The molecule has 4 rings (SSSR count). The molecule has 7 heteroatoms. The van der Waals surface area contributed by atoms with Gasteiger partial charge in [-0.05, 0) is 37.8 Å². The Labute approximate surface area is 157 Å². The van der Waals surface area contributed by atoms with Crippen LogP contribution in [-0.2, 0) is 32.3 Å². The summed E-state index contributed by atoms with van der Waals surface area (Å²) in [6.45, 7) is 2.03. The van der Waals surface area contributed by atoms with Crippen LogP contribution in [-0.4, -0.2) is 36.7 Å². The molecule has 0 spiro atoms. The van der Waals surface area contributed by atoms with Crippen molar-refractivity contribution in [3.05, 3.63) is 28.3 Å². The lowest BCUT2D eigenvalue weighted by molar-refractivity contribution is -0.153. The van der Waals surface area contributed by atoms with E-state index in [2.05, 4.69) is 0 Å². The first-order valence-corrected chi connectivity index (χ1v) is 9.47. The van der Waals surface area contributed by atoms with Crippen LogP contribution in [0.5, 0.6) is 5.75 Å². The van der Waals surface area contributed by atoms with Crippen LogP contribution in [0.1, 0.15) is 36.8 Å². The Morgan fingerprint density at radius 2 is 1.92 bits per heavy atom. The SMILES string of the molecule is O=C(OCc1cc(Cl)cc2c1OCOC2)C1CCN(C(=O)C2CC2)CC1. The fourth-order valence-electron chi connectivity index (χ4n) is 3.55. The normalized spacial score (nSPS) is 20.3. The maximum Gasteiger partial charge on any atom is 0.309 e. The number of nitrogens with zero attached hydrogens (tertiary/aromatic N) is 1. The van der Waals surface area contributed by atoms with Crippen molar-refractivity contribution >= 4 is 23.5 Å². The molecule has 0 N–H and O–H groups in total. The summed E-state index contributed by atoms with van der Waals surface area (Å²) in [7, 11) is 0. The van der Waals surface area contributed by atoms with Crippen LogP contribution in [0.3, 0.4) is 0 Å². The van der Waals surface area contributed by atoms with Crippen LogP contribution in [0.25, 0.3) is 0 Å². The molecule has 0 aromatic heterocycles. The highest BCUT2D eigenvalue weighted by atomic mass is 35.5. The first-order chi connectivity index (χ1) is 12.6. The predicted octanol–water partition coefficient (Wildman–Crippen LogP) is 2.90. The number of halogens is 1. The van der Waals surface area contributed by atoms with Gasteiger partial charge in [-0.25, -0.2) is 0 Å². The molecular weight excluding hydrogens is 358 g/mol. The third kappa shape index (κ3) is 3.81. The second-order valence-electron chi connectivity index (χ2n) is 7.15. The number of carbonyl (C=O) groups is 2. The Hall–Kier alpha value is -1.79. The van der Waals surface area contributed by atoms with Crippen molar-refractivity contribution in [3.63, 3.8) is 0 Å². The molecule has 1 saturated heterocycles. The fourth-order valence-corrected chi connectivity index (χ4v) is 3.82. The van der Waals surface area contributed by atoms with E-state index in [-0.39, 0.29) is 37.1 Å². The maximum absolute atomic E-state index is 12.4. The number of ether oxygens (including phenoxy) is 3. The zero-order valence-corrected chi connectivity index (χ0v) is 15.3. The number of amides is 1. The Morgan fingerprint density at radius 3 is 2.65 bits per heavy atom. The van der Waals surface area contributed by atoms with Crippen molar-refractivity contribution in [3.8, 4) is 5.75 Å². The molecule has 2 fully saturated rings. The van der Waals surface area contributed by atoms with Crippen molar-refractivity contribution in [2.24, 2.45) is 11.8 Å². The van der Waals surface area contributed by atoms with Crippen LogP contribution in [0, 0.1) is 11.8 Å². The monoisotopic (exact) mass is 379 g/mol. The summed E-state index contributed by atoms with van der Waals surface area (Å²) in [6, 6.07) is 3.56. The number of piperidine rings is 1. The molecule has 140 valence electrons. The molecule has 6 nitrogen and oxygen atoms in total. The minimum atomic E-state index is -0.218. The topological polar surface area (TPSA) is 65.1 Å². The third-order valence-corrected chi connectivity index (χ3v) is 5.41. The molecule has 1 amide bonds. The van der Waals surface area contributed by atoms with Crippen molar-refractivity contribution in [2.45, 2.75) is 38.9 Å². The number of rotatable bonds is 4. The second kappa shape index (κ2) is 7.45. The van der Waals surface area contributed by atoms with Crippen LogP contribution >= 0.6 is 11.6 Å². The van der Waals surface area contributed by atoms with Gasteiger partial charge in [-0.2, -0.15) is 0 Å². The quantitative estimate of drug-likeness (QED) is 0.752. The van der Waals surface area contributed by atoms with Gasteiger partial charge in [0.25, 0.3) is 0 Å². The van der Waals surface area contributed by atoms with Gasteiger partial charge in [0, 0.05) is 35.2 Å². The average Bonchev–Trinajstić information content (AvgIpc) is 3.50. The van der Waals surface area contributed by atoms with E-state index in [4.69, 9.17) is 25.8 Å². The highest BCUT2D eigenvalue weighted by Gasteiger charge is 2.36. The molecule has 2 heterocycles. The summed E-state index contributed by atoms with van der Waals surface area (Å²) in [6.07, 6.45) is 3.35. The van der Waals surface area contributed by atoms with Crippen LogP contribution in [0.2, 0.25) is 5.02 Å². The van der Waals surface area contributed by atoms with Gasteiger partial charge in [-0.1, -0.05) is 11.6 Å². The molecule has 0 atom stereocenters. The van der Waals surface area contributed by atoms with Crippen LogP contribution in [0.4, 0.5) is 0 Å². The molecule has 0 bridgehead atoms. The minimum Gasteiger partial charge on any atom is -0.467 e. The lowest BCUT2D eigenvalue weighted by Crippen LogP contribution is -2.41. The Morgan fingerprint density at radius 1 is 1.15 bits per heavy atom. The Balaban J connectivity index is 1.32. The lowest BCUT2D eigenvalue weighted by Gasteiger charge is -2.31. The van der Waals surface area contributed by atoms with E-state index in [0.717, 1.165) is 24.0 Å². The molecular formula is C19H22ClNO5. The first kappa shape index (κ1) is 17.6. The van der Waals surface area contributed by atoms with Gasteiger partial charge in [0.05, 0.1) is 12.5 Å². The van der Waals surface area contributed by atoms with E-state index in [1.54, 1.807) is 12.1 Å². The molecule has 1 aromatic carbocycles. The molecule has 3 aliphatic rings. The van der Waals surface area contributed by atoms with E-state index in [1.165, 1.54) is 0 Å². The van der Waals surface area contributed by atoms with Gasteiger partial charge in [-0.3, -0.25) is 9.59 Å². The summed E-state index contributed by atoms with van der Waals surface area (Å²) in [5.74, 6) is 0.804. The summed E-state index contributed by atoms with van der Waals surface area (Å²) < 4.78 is 16.3. The van der Waals surface area contributed by atoms with Crippen molar-refractivity contribution in [2.75, 3.05) is 19.9 Å². The van der Waals surface area contributed by atoms with E-state index in [0.29, 0.717) is 43.3 Å². The summed E-state index contributed by atoms with van der Waals surface area (Å²) in [5.41, 5.74) is 1.62. The van der Waals surface area contributed by atoms with Gasteiger partial charge in [0.15, 0.2) is 6.79 Å². The Bertz CT molecular complexity index is 710. The molecule has 0 unspecified atom stereocenters. The zero-order chi connectivity index (χ0) is 18.1.